The van der Waals surface area contributed by atoms with Gasteiger partial charge in [0.05, 0.1) is 6.10 Å². The van der Waals surface area contributed by atoms with Gasteiger partial charge in [0.2, 0.25) is 0 Å². The second-order valence-electron chi connectivity index (χ2n) is 4.53. The number of nitrogens with one attached hydrogen (secondary N) is 1. The molecule has 0 radical (unpaired) electrons. The monoisotopic (exact) mass is 299 g/mol. The minimum absolute atomic E-state index is 0.310. The van der Waals surface area contributed by atoms with Crippen molar-refractivity contribution in [1.29, 1.82) is 0 Å². The SMILES string of the molecule is CCCNc1cc(SC2CCOC2C)nc(SC)n1. The summed E-state index contributed by atoms with van der Waals surface area (Å²) in [6, 6.07) is 2.05. The average molecular weight is 299 g/mol. The lowest BCUT2D eigenvalue weighted by Gasteiger charge is -2.14. The molecule has 1 saturated heterocycles. The summed E-state index contributed by atoms with van der Waals surface area (Å²) in [5.41, 5.74) is 0. The Morgan fingerprint density at radius 3 is 2.95 bits per heavy atom. The zero-order valence-corrected chi connectivity index (χ0v) is 13.3. The molecule has 0 spiro atoms. The van der Waals surface area contributed by atoms with Crippen molar-refractivity contribution in [1.82, 2.24) is 9.97 Å². The predicted octanol–water partition coefficient (Wildman–Crippen LogP) is 3.29. The van der Waals surface area contributed by atoms with Crippen molar-refractivity contribution >= 4 is 29.3 Å². The fourth-order valence-electron chi connectivity index (χ4n) is 1.92. The normalized spacial score (nSPS) is 22.7. The highest BCUT2D eigenvalue weighted by Gasteiger charge is 2.25. The first-order valence-corrected chi connectivity index (χ1v) is 8.78. The van der Waals surface area contributed by atoms with E-state index in [4.69, 9.17) is 4.74 Å². The maximum atomic E-state index is 5.60. The number of hydrogen-bond donors (Lipinski definition) is 1. The molecule has 19 heavy (non-hydrogen) atoms. The van der Waals surface area contributed by atoms with E-state index < -0.39 is 0 Å². The fraction of sp³-hybridized carbons (Fsp3) is 0.692. The molecule has 1 N–H and O–H groups in total. The van der Waals surface area contributed by atoms with Crippen LogP contribution in [-0.2, 0) is 4.74 Å². The van der Waals surface area contributed by atoms with Gasteiger partial charge in [-0.2, -0.15) is 0 Å². The van der Waals surface area contributed by atoms with Crippen LogP contribution in [0.15, 0.2) is 16.2 Å². The molecule has 2 atom stereocenters. The minimum Gasteiger partial charge on any atom is -0.377 e. The van der Waals surface area contributed by atoms with Crippen LogP contribution in [0, 0.1) is 0 Å². The minimum atomic E-state index is 0.310. The number of rotatable bonds is 6. The van der Waals surface area contributed by atoms with E-state index in [9.17, 15) is 0 Å². The van der Waals surface area contributed by atoms with Crippen molar-refractivity contribution in [3.05, 3.63) is 6.07 Å². The summed E-state index contributed by atoms with van der Waals surface area (Å²) < 4.78 is 5.60. The Hall–Kier alpha value is -0.460. The van der Waals surface area contributed by atoms with Gasteiger partial charge in [0.15, 0.2) is 5.16 Å². The highest BCUT2D eigenvalue weighted by molar-refractivity contribution is 8.00. The first kappa shape index (κ1) is 14.9. The highest BCUT2D eigenvalue weighted by Crippen LogP contribution is 2.33. The van der Waals surface area contributed by atoms with Crippen LogP contribution < -0.4 is 5.32 Å². The molecule has 1 aliphatic heterocycles. The van der Waals surface area contributed by atoms with Crippen molar-refractivity contribution in [2.24, 2.45) is 0 Å². The lowest BCUT2D eigenvalue weighted by Crippen LogP contribution is -2.13. The van der Waals surface area contributed by atoms with Crippen molar-refractivity contribution in [2.75, 3.05) is 24.7 Å². The lowest BCUT2D eigenvalue weighted by molar-refractivity contribution is 0.127. The van der Waals surface area contributed by atoms with Crippen LogP contribution in [0.5, 0.6) is 0 Å². The summed E-state index contributed by atoms with van der Waals surface area (Å²) in [5.74, 6) is 0.926. The molecule has 0 aromatic carbocycles. The van der Waals surface area contributed by atoms with E-state index in [0.717, 1.165) is 42.0 Å². The van der Waals surface area contributed by atoms with Gasteiger partial charge in [-0.1, -0.05) is 18.7 Å². The summed E-state index contributed by atoms with van der Waals surface area (Å²) in [4.78, 5) is 9.06. The molecule has 0 saturated carbocycles. The zero-order chi connectivity index (χ0) is 13.7. The number of nitrogens with zero attached hydrogens (tertiary/aromatic N) is 2. The van der Waals surface area contributed by atoms with Gasteiger partial charge in [0.25, 0.3) is 0 Å². The van der Waals surface area contributed by atoms with Crippen LogP contribution in [0.25, 0.3) is 0 Å². The standard InChI is InChI=1S/C13H21N3OS2/c1-4-6-14-11-8-12(16-13(15-11)18-3)19-10-5-7-17-9(10)2/h8-10H,4-7H2,1-3H3,(H,14,15,16). The van der Waals surface area contributed by atoms with Crippen LogP contribution in [0.2, 0.25) is 0 Å². The molecule has 0 bridgehead atoms. The lowest BCUT2D eigenvalue weighted by atomic mass is 10.3. The highest BCUT2D eigenvalue weighted by atomic mass is 32.2. The van der Waals surface area contributed by atoms with Crippen molar-refractivity contribution < 1.29 is 4.74 Å². The van der Waals surface area contributed by atoms with E-state index in [1.165, 1.54) is 0 Å². The molecule has 2 unspecified atom stereocenters. The second-order valence-corrected chi connectivity index (χ2v) is 6.56. The summed E-state index contributed by atoms with van der Waals surface area (Å²) >= 11 is 3.39. The second kappa shape index (κ2) is 7.36. The molecule has 6 heteroatoms. The molecule has 0 aliphatic carbocycles. The number of hydrogen-bond acceptors (Lipinski definition) is 6. The Kier molecular flexibility index (Phi) is 5.78. The Labute approximate surface area is 123 Å². The maximum Gasteiger partial charge on any atom is 0.190 e. The zero-order valence-electron chi connectivity index (χ0n) is 11.7. The van der Waals surface area contributed by atoms with Gasteiger partial charge in [0, 0.05) is 24.5 Å². The summed E-state index contributed by atoms with van der Waals surface area (Å²) in [6.07, 6.45) is 4.51. The maximum absolute atomic E-state index is 5.60. The Bertz CT molecular complexity index is 417. The van der Waals surface area contributed by atoms with E-state index in [1.54, 1.807) is 11.8 Å². The third kappa shape index (κ3) is 4.26. The molecule has 1 aromatic rings. The third-order valence-electron chi connectivity index (χ3n) is 3.00. The smallest absolute Gasteiger partial charge is 0.190 e. The molecule has 1 aromatic heterocycles. The number of aromatic nitrogens is 2. The Balaban J connectivity index is 2.09. The van der Waals surface area contributed by atoms with E-state index >= 15 is 0 Å². The molecule has 1 aliphatic rings. The van der Waals surface area contributed by atoms with Gasteiger partial charge in [-0.25, -0.2) is 9.97 Å². The van der Waals surface area contributed by atoms with Crippen LogP contribution >= 0.6 is 23.5 Å². The number of thioether (sulfide) groups is 2. The topological polar surface area (TPSA) is 47.0 Å². The van der Waals surface area contributed by atoms with Crippen LogP contribution in [-0.4, -0.2) is 40.7 Å². The summed E-state index contributed by atoms with van der Waals surface area (Å²) in [7, 11) is 0. The van der Waals surface area contributed by atoms with Crippen LogP contribution in [0.4, 0.5) is 5.82 Å². The quantitative estimate of drug-likeness (QED) is 0.494. The van der Waals surface area contributed by atoms with Gasteiger partial charge in [0.1, 0.15) is 10.8 Å². The van der Waals surface area contributed by atoms with Gasteiger partial charge >= 0.3 is 0 Å². The number of ether oxygens (including phenoxy) is 1. The van der Waals surface area contributed by atoms with Crippen molar-refractivity contribution in [3.63, 3.8) is 0 Å². The molecule has 4 nitrogen and oxygen atoms in total. The van der Waals surface area contributed by atoms with E-state index in [0.29, 0.717) is 11.4 Å². The Morgan fingerprint density at radius 1 is 1.47 bits per heavy atom. The van der Waals surface area contributed by atoms with E-state index in [2.05, 4.69) is 29.1 Å². The van der Waals surface area contributed by atoms with Crippen LogP contribution in [0.1, 0.15) is 26.7 Å². The molecular formula is C13H21N3OS2. The predicted molar refractivity (Wildman–Crippen MR) is 82.3 cm³/mol. The van der Waals surface area contributed by atoms with Crippen LogP contribution in [0.3, 0.4) is 0 Å². The van der Waals surface area contributed by atoms with E-state index in [-0.39, 0.29) is 0 Å². The molecule has 1 fully saturated rings. The molecule has 0 amide bonds. The van der Waals surface area contributed by atoms with Gasteiger partial charge < -0.3 is 10.1 Å². The van der Waals surface area contributed by atoms with E-state index in [1.807, 2.05) is 24.1 Å². The fourth-order valence-corrected chi connectivity index (χ4v) is 3.47. The van der Waals surface area contributed by atoms with Crippen molar-refractivity contribution in [2.45, 2.75) is 48.2 Å². The average Bonchev–Trinajstić information content (AvgIpc) is 2.81. The molecule has 2 rings (SSSR count). The first-order valence-electron chi connectivity index (χ1n) is 6.68. The molecular weight excluding hydrogens is 278 g/mol. The first-order chi connectivity index (χ1) is 9.22. The van der Waals surface area contributed by atoms with Crippen molar-refractivity contribution in [3.8, 4) is 0 Å². The number of anilines is 1. The summed E-state index contributed by atoms with van der Waals surface area (Å²) in [5, 5.41) is 5.71. The van der Waals surface area contributed by atoms with Gasteiger partial charge in [-0.15, -0.1) is 11.8 Å². The van der Waals surface area contributed by atoms with Gasteiger partial charge in [-0.05, 0) is 26.0 Å². The van der Waals surface area contributed by atoms with Gasteiger partial charge in [-0.3, -0.25) is 0 Å². The third-order valence-corrected chi connectivity index (χ3v) is 4.92. The molecule has 2 heterocycles. The summed E-state index contributed by atoms with van der Waals surface area (Å²) in [6.45, 7) is 6.09. The Morgan fingerprint density at radius 2 is 2.32 bits per heavy atom. The molecule has 106 valence electrons. The largest absolute Gasteiger partial charge is 0.377 e.